The average molecular weight is 269 g/mol. The Labute approximate surface area is 112 Å². The molecule has 0 fully saturated rings. The van der Waals surface area contributed by atoms with Crippen LogP contribution < -0.4 is 15.2 Å². The molecule has 0 amide bonds. The molecule has 1 aromatic carbocycles. The summed E-state index contributed by atoms with van der Waals surface area (Å²) in [5.41, 5.74) is 6.79. The van der Waals surface area contributed by atoms with E-state index in [0.29, 0.717) is 23.7 Å². The third-order valence-corrected chi connectivity index (χ3v) is 2.84. The van der Waals surface area contributed by atoms with Gasteiger partial charge in [-0.05, 0) is 0 Å². The third-order valence-electron chi connectivity index (χ3n) is 2.84. The number of hydrogen-bond acceptors (Lipinski definition) is 5. The van der Waals surface area contributed by atoms with Crippen molar-refractivity contribution in [1.82, 2.24) is 0 Å². The van der Waals surface area contributed by atoms with Crippen LogP contribution in [0.15, 0.2) is 12.1 Å². The molecular formula is C13H19NO5. The van der Waals surface area contributed by atoms with Crippen molar-refractivity contribution in [2.75, 3.05) is 27.9 Å². The quantitative estimate of drug-likeness (QED) is 0.766. The van der Waals surface area contributed by atoms with Crippen molar-refractivity contribution in [3.8, 4) is 11.5 Å². The second-order valence-electron chi connectivity index (χ2n) is 3.94. The molecule has 0 saturated heterocycles. The van der Waals surface area contributed by atoms with Gasteiger partial charge < -0.3 is 25.1 Å². The van der Waals surface area contributed by atoms with Gasteiger partial charge in [0.15, 0.2) is 11.5 Å². The van der Waals surface area contributed by atoms with Crippen molar-refractivity contribution in [2.45, 2.75) is 12.5 Å². The molecule has 106 valence electrons. The molecule has 0 aliphatic carbocycles. The van der Waals surface area contributed by atoms with Gasteiger partial charge in [0, 0.05) is 24.8 Å². The van der Waals surface area contributed by atoms with E-state index >= 15 is 0 Å². The predicted molar refractivity (Wildman–Crippen MR) is 69.7 cm³/mol. The molecule has 0 spiro atoms. The molecule has 0 aromatic heterocycles. The Balaban J connectivity index is 3.37. The number of rotatable bonds is 7. The number of hydrogen-bond donors (Lipinski definition) is 2. The van der Waals surface area contributed by atoms with Crippen LogP contribution >= 0.6 is 0 Å². The zero-order valence-electron chi connectivity index (χ0n) is 11.3. The first-order valence-corrected chi connectivity index (χ1v) is 5.76. The van der Waals surface area contributed by atoms with Gasteiger partial charge in [0.25, 0.3) is 0 Å². The molecule has 1 aromatic rings. The zero-order chi connectivity index (χ0) is 14.4. The van der Waals surface area contributed by atoms with E-state index in [2.05, 4.69) is 0 Å². The lowest BCUT2D eigenvalue weighted by Gasteiger charge is -2.19. The van der Waals surface area contributed by atoms with Crippen molar-refractivity contribution in [1.29, 1.82) is 0 Å². The van der Waals surface area contributed by atoms with E-state index in [1.54, 1.807) is 19.2 Å². The molecule has 0 aliphatic heterocycles. The van der Waals surface area contributed by atoms with E-state index in [9.17, 15) is 9.90 Å². The highest BCUT2D eigenvalue weighted by molar-refractivity contribution is 5.78. The minimum Gasteiger partial charge on any atom is -0.493 e. The minimum atomic E-state index is -0.998. The van der Waals surface area contributed by atoms with E-state index in [1.165, 1.54) is 14.2 Å². The third kappa shape index (κ3) is 3.15. The molecule has 0 radical (unpaired) electrons. The average Bonchev–Trinajstić information content (AvgIpc) is 2.40. The molecule has 3 N–H and O–H groups in total. The number of nitrogens with two attached hydrogens (primary N) is 1. The number of carbonyl (C=O) groups is 1. The summed E-state index contributed by atoms with van der Waals surface area (Å²) in [6.45, 7) is 0.332. The Morgan fingerprint density at radius 1 is 1.26 bits per heavy atom. The van der Waals surface area contributed by atoms with E-state index in [0.717, 1.165) is 5.56 Å². The van der Waals surface area contributed by atoms with Gasteiger partial charge in [0.2, 0.25) is 0 Å². The maximum absolute atomic E-state index is 11.2. The number of carboxylic acids is 1. The number of benzene rings is 1. The lowest BCUT2D eigenvalue weighted by molar-refractivity contribution is -0.138. The Hall–Kier alpha value is -1.79. The van der Waals surface area contributed by atoms with Crippen LogP contribution in [-0.2, 0) is 16.1 Å². The fourth-order valence-corrected chi connectivity index (χ4v) is 1.96. The molecule has 0 bridgehead atoms. The monoisotopic (exact) mass is 269 g/mol. The zero-order valence-corrected chi connectivity index (χ0v) is 11.3. The molecule has 1 unspecified atom stereocenters. The summed E-state index contributed by atoms with van der Waals surface area (Å²) in [7, 11) is 4.53. The van der Waals surface area contributed by atoms with E-state index < -0.39 is 11.9 Å². The first-order valence-electron chi connectivity index (χ1n) is 5.76. The topological polar surface area (TPSA) is 91.0 Å². The number of ether oxygens (including phenoxy) is 3. The van der Waals surface area contributed by atoms with E-state index in [1.807, 2.05) is 0 Å². The molecular weight excluding hydrogens is 250 g/mol. The SMILES string of the molecule is COCc1ccc(C(CN)C(=O)O)c(OC)c1OC. The van der Waals surface area contributed by atoms with Crippen molar-refractivity contribution >= 4 is 5.97 Å². The number of carboxylic acid groups (broad SMARTS) is 1. The Kier molecular flexibility index (Phi) is 5.59. The second kappa shape index (κ2) is 6.96. The summed E-state index contributed by atoms with van der Waals surface area (Å²) in [6, 6.07) is 3.44. The van der Waals surface area contributed by atoms with Crippen LogP contribution in [0.5, 0.6) is 11.5 Å². The maximum Gasteiger partial charge on any atom is 0.312 e. The van der Waals surface area contributed by atoms with Gasteiger partial charge in [0.05, 0.1) is 26.7 Å². The molecule has 1 atom stereocenters. The molecule has 1 rings (SSSR count). The smallest absolute Gasteiger partial charge is 0.312 e. The molecule has 6 heteroatoms. The lowest BCUT2D eigenvalue weighted by Crippen LogP contribution is -2.22. The summed E-state index contributed by atoms with van der Waals surface area (Å²) in [5, 5.41) is 9.18. The van der Waals surface area contributed by atoms with Crippen LogP contribution in [0.25, 0.3) is 0 Å². The molecule has 0 heterocycles. The first kappa shape index (κ1) is 15.3. The van der Waals surface area contributed by atoms with Gasteiger partial charge in [-0.25, -0.2) is 0 Å². The second-order valence-corrected chi connectivity index (χ2v) is 3.94. The van der Waals surface area contributed by atoms with Crippen molar-refractivity contribution < 1.29 is 24.1 Å². The van der Waals surface area contributed by atoms with Crippen molar-refractivity contribution in [3.05, 3.63) is 23.3 Å². The largest absolute Gasteiger partial charge is 0.493 e. The van der Waals surface area contributed by atoms with E-state index in [4.69, 9.17) is 19.9 Å². The highest BCUT2D eigenvalue weighted by Gasteiger charge is 2.25. The van der Waals surface area contributed by atoms with Gasteiger partial charge in [-0.1, -0.05) is 12.1 Å². The van der Waals surface area contributed by atoms with Crippen LogP contribution in [0.2, 0.25) is 0 Å². The maximum atomic E-state index is 11.2. The number of methoxy groups -OCH3 is 3. The van der Waals surface area contributed by atoms with Gasteiger partial charge in [-0.2, -0.15) is 0 Å². The fourth-order valence-electron chi connectivity index (χ4n) is 1.96. The van der Waals surface area contributed by atoms with Gasteiger partial charge in [-0.3, -0.25) is 4.79 Å². The van der Waals surface area contributed by atoms with Crippen LogP contribution in [0.4, 0.5) is 0 Å². The Bertz CT molecular complexity index is 447. The highest BCUT2D eigenvalue weighted by Crippen LogP contribution is 2.38. The molecule has 0 aliphatic rings. The molecule has 19 heavy (non-hydrogen) atoms. The summed E-state index contributed by atoms with van der Waals surface area (Å²) in [5.74, 6) is -0.973. The highest BCUT2D eigenvalue weighted by atomic mass is 16.5. The first-order chi connectivity index (χ1) is 9.10. The van der Waals surface area contributed by atoms with E-state index in [-0.39, 0.29) is 6.54 Å². The Morgan fingerprint density at radius 3 is 2.32 bits per heavy atom. The lowest BCUT2D eigenvalue weighted by atomic mass is 9.96. The summed E-state index contributed by atoms with van der Waals surface area (Å²) in [4.78, 5) is 11.2. The van der Waals surface area contributed by atoms with Gasteiger partial charge >= 0.3 is 5.97 Å². The van der Waals surface area contributed by atoms with Crippen LogP contribution in [0, 0.1) is 0 Å². The minimum absolute atomic E-state index is 0.0154. The van der Waals surface area contributed by atoms with Gasteiger partial charge in [-0.15, -0.1) is 0 Å². The standard InChI is InChI=1S/C13H19NO5/c1-17-7-8-4-5-9(10(6-14)13(15)16)12(19-3)11(8)18-2/h4-5,10H,6-7,14H2,1-3H3,(H,15,16). The van der Waals surface area contributed by atoms with Crippen molar-refractivity contribution in [3.63, 3.8) is 0 Å². The van der Waals surface area contributed by atoms with Crippen LogP contribution in [0.3, 0.4) is 0 Å². The fraction of sp³-hybridized carbons (Fsp3) is 0.462. The summed E-state index contributed by atoms with van der Waals surface area (Å²) < 4.78 is 15.7. The van der Waals surface area contributed by atoms with Gasteiger partial charge in [0.1, 0.15) is 0 Å². The Morgan fingerprint density at radius 2 is 1.89 bits per heavy atom. The van der Waals surface area contributed by atoms with Crippen LogP contribution in [-0.4, -0.2) is 38.9 Å². The number of aliphatic carboxylic acids is 1. The predicted octanol–water partition coefficient (Wildman–Crippen LogP) is 0.977. The van der Waals surface area contributed by atoms with Crippen molar-refractivity contribution in [2.24, 2.45) is 5.73 Å². The molecule has 0 saturated carbocycles. The summed E-state index contributed by atoms with van der Waals surface area (Å²) in [6.07, 6.45) is 0. The summed E-state index contributed by atoms with van der Waals surface area (Å²) >= 11 is 0. The molecule has 6 nitrogen and oxygen atoms in total. The normalized spacial score (nSPS) is 12.0. The van der Waals surface area contributed by atoms with Crippen LogP contribution in [0.1, 0.15) is 17.0 Å².